The fourth-order valence-electron chi connectivity index (χ4n) is 1.80. The van der Waals surface area contributed by atoms with E-state index < -0.39 is 5.97 Å². The normalized spacial score (nSPS) is 17.8. The molecule has 1 atom stereocenters. The number of aryl methyl sites for hydroxylation is 1. The number of benzene rings is 1. The predicted octanol–water partition coefficient (Wildman–Crippen LogP) is 2.36. The highest BCUT2D eigenvalue weighted by molar-refractivity contribution is 5.87. The fraction of sp³-hybridized carbons (Fsp3) is 0.214. The van der Waals surface area contributed by atoms with Gasteiger partial charge in [-0.25, -0.2) is 4.79 Å². The van der Waals surface area contributed by atoms with Crippen molar-refractivity contribution in [3.8, 4) is 0 Å². The monoisotopic (exact) mass is 229 g/mol. The lowest BCUT2D eigenvalue weighted by Crippen LogP contribution is -2.23. The number of aromatic carboxylic acids is 1. The number of hydrogen-bond acceptors (Lipinski definition) is 2. The van der Waals surface area contributed by atoms with Crippen molar-refractivity contribution < 1.29 is 9.90 Å². The SMILES string of the molecule is O=C(O)c1ccc(CCC2C=CC=CN2)cc1. The Morgan fingerprint density at radius 1 is 1.24 bits per heavy atom. The second-order valence-corrected chi connectivity index (χ2v) is 4.06. The van der Waals surface area contributed by atoms with Crippen molar-refractivity contribution in [3.05, 3.63) is 59.8 Å². The Bertz CT molecular complexity index is 446. The molecule has 0 fully saturated rings. The summed E-state index contributed by atoms with van der Waals surface area (Å²) in [4.78, 5) is 10.7. The highest BCUT2D eigenvalue weighted by Crippen LogP contribution is 2.10. The highest BCUT2D eigenvalue weighted by Gasteiger charge is 2.05. The minimum atomic E-state index is -0.876. The molecular formula is C14H15NO2. The van der Waals surface area contributed by atoms with Gasteiger partial charge in [-0.05, 0) is 42.8 Å². The molecule has 1 heterocycles. The molecule has 1 aliphatic rings. The third kappa shape index (κ3) is 3.21. The first-order valence-electron chi connectivity index (χ1n) is 5.67. The van der Waals surface area contributed by atoms with Crippen molar-refractivity contribution >= 4 is 5.97 Å². The summed E-state index contributed by atoms with van der Waals surface area (Å²) in [6.07, 6.45) is 10.0. The average Bonchev–Trinajstić information content (AvgIpc) is 2.38. The van der Waals surface area contributed by atoms with Crippen LogP contribution in [0.4, 0.5) is 0 Å². The van der Waals surface area contributed by atoms with Gasteiger partial charge in [-0.15, -0.1) is 0 Å². The third-order valence-corrected chi connectivity index (χ3v) is 2.81. The van der Waals surface area contributed by atoms with Crippen LogP contribution < -0.4 is 5.32 Å². The van der Waals surface area contributed by atoms with E-state index in [1.807, 2.05) is 30.5 Å². The van der Waals surface area contributed by atoms with Gasteiger partial charge in [0.05, 0.1) is 5.56 Å². The molecule has 0 saturated heterocycles. The van der Waals surface area contributed by atoms with Crippen LogP contribution in [-0.4, -0.2) is 17.1 Å². The summed E-state index contributed by atoms with van der Waals surface area (Å²) in [5, 5.41) is 12.0. The van der Waals surface area contributed by atoms with Crippen molar-refractivity contribution in [1.29, 1.82) is 0 Å². The smallest absolute Gasteiger partial charge is 0.335 e. The molecule has 88 valence electrons. The van der Waals surface area contributed by atoms with E-state index >= 15 is 0 Å². The number of dihydropyridines is 1. The number of carboxylic acid groups (broad SMARTS) is 1. The van der Waals surface area contributed by atoms with Gasteiger partial charge in [0.25, 0.3) is 0 Å². The summed E-state index contributed by atoms with van der Waals surface area (Å²) in [6, 6.07) is 7.44. The van der Waals surface area contributed by atoms with Crippen LogP contribution in [-0.2, 0) is 6.42 Å². The van der Waals surface area contributed by atoms with Gasteiger partial charge in [-0.1, -0.05) is 24.3 Å². The maximum Gasteiger partial charge on any atom is 0.335 e. The summed E-state index contributed by atoms with van der Waals surface area (Å²) in [7, 11) is 0. The number of carbonyl (C=O) groups is 1. The van der Waals surface area contributed by atoms with E-state index in [1.165, 1.54) is 5.56 Å². The van der Waals surface area contributed by atoms with Crippen LogP contribution in [0.25, 0.3) is 0 Å². The molecule has 1 aromatic carbocycles. The number of carboxylic acids is 1. The van der Waals surface area contributed by atoms with E-state index in [0.29, 0.717) is 11.6 Å². The van der Waals surface area contributed by atoms with Crippen molar-refractivity contribution in [2.24, 2.45) is 0 Å². The summed E-state index contributed by atoms with van der Waals surface area (Å²) < 4.78 is 0. The fourth-order valence-corrected chi connectivity index (χ4v) is 1.80. The molecule has 0 aromatic heterocycles. The molecule has 0 radical (unpaired) electrons. The van der Waals surface area contributed by atoms with Crippen LogP contribution in [0.2, 0.25) is 0 Å². The second kappa shape index (κ2) is 5.34. The van der Waals surface area contributed by atoms with Crippen LogP contribution >= 0.6 is 0 Å². The molecule has 0 bridgehead atoms. The number of allylic oxidation sites excluding steroid dienone is 2. The zero-order chi connectivity index (χ0) is 12.1. The minimum absolute atomic E-state index is 0.340. The minimum Gasteiger partial charge on any atom is -0.478 e. The molecule has 2 N–H and O–H groups in total. The van der Waals surface area contributed by atoms with E-state index in [0.717, 1.165) is 12.8 Å². The van der Waals surface area contributed by atoms with Crippen LogP contribution in [0.3, 0.4) is 0 Å². The van der Waals surface area contributed by atoms with Crippen LogP contribution in [0, 0.1) is 0 Å². The van der Waals surface area contributed by atoms with E-state index in [2.05, 4.69) is 11.4 Å². The largest absolute Gasteiger partial charge is 0.478 e. The first-order chi connectivity index (χ1) is 8.25. The maximum absolute atomic E-state index is 10.7. The molecule has 0 amide bonds. The van der Waals surface area contributed by atoms with Gasteiger partial charge in [0.15, 0.2) is 0 Å². The Kier molecular flexibility index (Phi) is 3.60. The molecule has 17 heavy (non-hydrogen) atoms. The number of hydrogen-bond donors (Lipinski definition) is 2. The second-order valence-electron chi connectivity index (χ2n) is 4.06. The molecule has 3 nitrogen and oxygen atoms in total. The van der Waals surface area contributed by atoms with Gasteiger partial charge in [0, 0.05) is 6.04 Å². The zero-order valence-corrected chi connectivity index (χ0v) is 9.47. The van der Waals surface area contributed by atoms with Crippen LogP contribution in [0.1, 0.15) is 22.3 Å². The van der Waals surface area contributed by atoms with E-state index in [1.54, 1.807) is 12.1 Å². The van der Waals surface area contributed by atoms with E-state index in [9.17, 15) is 4.79 Å². The lowest BCUT2D eigenvalue weighted by Gasteiger charge is -2.15. The summed E-state index contributed by atoms with van der Waals surface area (Å²) >= 11 is 0. The summed E-state index contributed by atoms with van der Waals surface area (Å²) in [6.45, 7) is 0. The maximum atomic E-state index is 10.7. The van der Waals surface area contributed by atoms with Crippen molar-refractivity contribution in [2.75, 3.05) is 0 Å². The highest BCUT2D eigenvalue weighted by atomic mass is 16.4. The Morgan fingerprint density at radius 3 is 2.59 bits per heavy atom. The van der Waals surface area contributed by atoms with Gasteiger partial charge in [-0.2, -0.15) is 0 Å². The van der Waals surface area contributed by atoms with Crippen molar-refractivity contribution in [2.45, 2.75) is 18.9 Å². The van der Waals surface area contributed by atoms with Gasteiger partial charge in [0.2, 0.25) is 0 Å². The van der Waals surface area contributed by atoms with E-state index in [4.69, 9.17) is 5.11 Å². The van der Waals surface area contributed by atoms with E-state index in [-0.39, 0.29) is 0 Å². The van der Waals surface area contributed by atoms with Gasteiger partial charge >= 0.3 is 5.97 Å². The predicted molar refractivity (Wildman–Crippen MR) is 66.9 cm³/mol. The molecule has 0 aliphatic carbocycles. The van der Waals surface area contributed by atoms with Crippen molar-refractivity contribution in [3.63, 3.8) is 0 Å². The molecule has 1 aromatic rings. The topological polar surface area (TPSA) is 49.3 Å². The first-order valence-corrected chi connectivity index (χ1v) is 5.67. The van der Waals surface area contributed by atoms with Crippen LogP contribution in [0.15, 0.2) is 48.7 Å². The Morgan fingerprint density at radius 2 is 2.00 bits per heavy atom. The Balaban J connectivity index is 1.88. The molecule has 0 saturated carbocycles. The Hall–Kier alpha value is -2.03. The quantitative estimate of drug-likeness (QED) is 0.833. The number of rotatable bonds is 4. The third-order valence-electron chi connectivity index (χ3n) is 2.81. The van der Waals surface area contributed by atoms with Crippen LogP contribution in [0.5, 0.6) is 0 Å². The standard InChI is InChI=1S/C14H15NO2/c16-14(17)12-7-4-11(5-8-12)6-9-13-3-1-2-10-15-13/h1-5,7-8,10,13,15H,6,9H2,(H,16,17). The lowest BCUT2D eigenvalue weighted by molar-refractivity contribution is 0.0697. The van der Waals surface area contributed by atoms with Gasteiger partial charge in [-0.3, -0.25) is 0 Å². The average molecular weight is 229 g/mol. The molecule has 2 rings (SSSR count). The Labute approximate surface area is 100 Å². The molecular weight excluding hydrogens is 214 g/mol. The first kappa shape index (κ1) is 11.5. The molecule has 3 heteroatoms. The summed E-state index contributed by atoms with van der Waals surface area (Å²) in [5.41, 5.74) is 1.51. The van der Waals surface area contributed by atoms with Crippen molar-refractivity contribution in [1.82, 2.24) is 5.32 Å². The lowest BCUT2D eigenvalue weighted by atomic mass is 10.0. The molecule has 1 aliphatic heterocycles. The van der Waals surface area contributed by atoms with Gasteiger partial charge < -0.3 is 10.4 Å². The molecule has 1 unspecified atom stereocenters. The summed E-state index contributed by atoms with van der Waals surface area (Å²) in [5.74, 6) is -0.876. The van der Waals surface area contributed by atoms with Gasteiger partial charge in [0.1, 0.15) is 0 Å². The molecule has 0 spiro atoms. The zero-order valence-electron chi connectivity index (χ0n) is 9.47. The number of nitrogens with one attached hydrogen (secondary N) is 1.